The van der Waals surface area contributed by atoms with Crippen LogP contribution in [0.2, 0.25) is 5.02 Å². The fourth-order valence-corrected chi connectivity index (χ4v) is 1.43. The summed E-state index contributed by atoms with van der Waals surface area (Å²) in [5.41, 5.74) is 0. The van der Waals surface area contributed by atoms with Crippen LogP contribution >= 0.6 is 11.6 Å². The Morgan fingerprint density at radius 2 is 2.44 bits per heavy atom. The molecule has 0 aliphatic rings. The van der Waals surface area contributed by atoms with Gasteiger partial charge in [0.1, 0.15) is 5.02 Å². The number of aromatic nitrogens is 2. The van der Waals surface area contributed by atoms with Gasteiger partial charge in [-0.05, 0) is 0 Å². The first kappa shape index (κ1) is 12.7. The maximum Gasteiger partial charge on any atom is 0.318 e. The van der Waals surface area contributed by atoms with E-state index in [1.165, 1.54) is 13.3 Å². The minimum absolute atomic E-state index is 0.0104. The first-order valence-corrected chi connectivity index (χ1v) is 5.14. The van der Waals surface area contributed by atoms with Gasteiger partial charge in [0.05, 0.1) is 19.9 Å². The summed E-state index contributed by atoms with van der Waals surface area (Å²) < 4.78 is 4.92. The molecule has 0 radical (unpaired) electrons. The molecule has 1 N–H and O–H groups in total. The minimum Gasteiger partial charge on any atom is -0.467 e. The number of ether oxygens (including phenoxy) is 1. The van der Waals surface area contributed by atoms with Crippen molar-refractivity contribution in [3.63, 3.8) is 0 Å². The van der Waals surface area contributed by atoms with E-state index in [2.05, 4.69) is 16.5 Å². The van der Waals surface area contributed by atoms with Gasteiger partial charge in [0.2, 0.25) is 0 Å². The average molecular weight is 244 g/mol. The smallest absolute Gasteiger partial charge is 0.318 e. The molecule has 5 nitrogen and oxygen atoms in total. The van der Waals surface area contributed by atoms with E-state index >= 15 is 0 Å². The van der Waals surface area contributed by atoms with Gasteiger partial charge in [0.25, 0.3) is 0 Å². The topological polar surface area (TPSA) is 58.5 Å². The maximum absolute atomic E-state index is 8.95. The Morgan fingerprint density at radius 1 is 1.69 bits per heavy atom. The number of hydrogen-bond donors (Lipinski definition) is 1. The van der Waals surface area contributed by atoms with Crippen molar-refractivity contribution >= 4 is 17.4 Å². The van der Waals surface area contributed by atoms with Gasteiger partial charge < -0.3 is 14.7 Å². The Balaban J connectivity index is 3.00. The van der Waals surface area contributed by atoms with Crippen molar-refractivity contribution in [2.45, 2.75) is 0 Å². The van der Waals surface area contributed by atoms with E-state index in [0.717, 1.165) is 0 Å². The lowest BCUT2D eigenvalue weighted by molar-refractivity contribution is 0.302. The molecule has 0 aromatic carbocycles. The van der Waals surface area contributed by atoms with Gasteiger partial charge >= 0.3 is 6.01 Å². The molecule has 6 heteroatoms. The van der Waals surface area contributed by atoms with E-state index in [0.29, 0.717) is 23.9 Å². The number of anilines is 1. The highest BCUT2D eigenvalue weighted by Gasteiger charge is 2.12. The van der Waals surface area contributed by atoms with Crippen LogP contribution in [0.15, 0.2) is 18.9 Å². The van der Waals surface area contributed by atoms with Crippen molar-refractivity contribution < 1.29 is 9.84 Å². The second kappa shape index (κ2) is 6.30. The fraction of sp³-hybridized carbons (Fsp3) is 0.400. The van der Waals surface area contributed by atoms with Gasteiger partial charge in [-0.1, -0.05) is 17.7 Å². The third kappa shape index (κ3) is 3.08. The number of methoxy groups -OCH3 is 1. The predicted molar refractivity (Wildman–Crippen MR) is 63.1 cm³/mol. The third-order valence-electron chi connectivity index (χ3n) is 1.91. The summed E-state index contributed by atoms with van der Waals surface area (Å²) in [6, 6.07) is 0.242. The Kier molecular flexibility index (Phi) is 5.01. The van der Waals surface area contributed by atoms with Crippen molar-refractivity contribution in [1.29, 1.82) is 0 Å². The number of hydrogen-bond acceptors (Lipinski definition) is 5. The highest BCUT2D eigenvalue weighted by Crippen LogP contribution is 2.24. The van der Waals surface area contributed by atoms with Crippen LogP contribution in [0.5, 0.6) is 6.01 Å². The van der Waals surface area contributed by atoms with Crippen LogP contribution < -0.4 is 9.64 Å². The molecular weight excluding hydrogens is 230 g/mol. The van der Waals surface area contributed by atoms with Crippen LogP contribution in [0.4, 0.5) is 5.82 Å². The summed E-state index contributed by atoms with van der Waals surface area (Å²) in [7, 11) is 1.48. The Hall–Kier alpha value is -1.33. The van der Waals surface area contributed by atoms with Crippen molar-refractivity contribution in [2.75, 3.05) is 31.7 Å². The Morgan fingerprint density at radius 3 is 3.00 bits per heavy atom. The predicted octanol–water partition coefficient (Wildman–Crippen LogP) is 1.12. The lowest BCUT2D eigenvalue weighted by Gasteiger charge is -2.21. The highest BCUT2D eigenvalue weighted by atomic mass is 35.5. The first-order valence-electron chi connectivity index (χ1n) is 4.76. The van der Waals surface area contributed by atoms with Gasteiger partial charge in [0, 0.05) is 13.1 Å². The number of halogens is 1. The van der Waals surface area contributed by atoms with Crippen LogP contribution in [-0.2, 0) is 0 Å². The summed E-state index contributed by atoms with van der Waals surface area (Å²) in [6.07, 6.45) is 3.18. The Bertz CT molecular complexity index is 360. The molecule has 0 spiro atoms. The van der Waals surface area contributed by atoms with E-state index in [4.69, 9.17) is 21.4 Å². The largest absolute Gasteiger partial charge is 0.467 e. The molecular formula is C10H14ClN3O2. The molecule has 0 unspecified atom stereocenters. The number of aliphatic hydroxyl groups excluding tert-OH is 1. The summed E-state index contributed by atoms with van der Waals surface area (Å²) in [4.78, 5) is 9.80. The molecule has 88 valence electrons. The van der Waals surface area contributed by atoms with Crippen LogP contribution in [0.3, 0.4) is 0 Å². The monoisotopic (exact) mass is 243 g/mol. The van der Waals surface area contributed by atoms with E-state index in [-0.39, 0.29) is 12.6 Å². The third-order valence-corrected chi connectivity index (χ3v) is 2.17. The summed E-state index contributed by atoms with van der Waals surface area (Å²) in [5, 5.41) is 9.36. The molecule has 16 heavy (non-hydrogen) atoms. The number of aliphatic hydroxyl groups is 1. The van der Waals surface area contributed by atoms with Crippen molar-refractivity contribution in [2.24, 2.45) is 0 Å². The molecule has 0 bridgehead atoms. The molecule has 0 atom stereocenters. The minimum atomic E-state index is 0.0104. The summed E-state index contributed by atoms with van der Waals surface area (Å²) in [5.74, 6) is 0.530. The van der Waals surface area contributed by atoms with Gasteiger partial charge in [-0.25, -0.2) is 4.98 Å². The number of rotatable bonds is 6. The summed E-state index contributed by atoms with van der Waals surface area (Å²) >= 11 is 5.98. The Labute approximate surface area is 99.3 Å². The van der Waals surface area contributed by atoms with Crippen molar-refractivity contribution in [3.8, 4) is 6.01 Å². The zero-order valence-electron chi connectivity index (χ0n) is 9.06. The zero-order chi connectivity index (χ0) is 12.0. The van der Waals surface area contributed by atoms with Gasteiger partial charge in [-0.3, -0.25) is 0 Å². The molecule has 0 saturated heterocycles. The molecule has 0 saturated carbocycles. The second-order valence-corrected chi connectivity index (χ2v) is 3.39. The van der Waals surface area contributed by atoms with Crippen LogP contribution in [0, 0.1) is 0 Å². The zero-order valence-corrected chi connectivity index (χ0v) is 9.81. The average Bonchev–Trinajstić information content (AvgIpc) is 2.29. The quantitative estimate of drug-likeness (QED) is 0.759. The molecule has 1 aromatic heterocycles. The van der Waals surface area contributed by atoms with E-state index < -0.39 is 0 Å². The van der Waals surface area contributed by atoms with E-state index in [1.807, 2.05) is 0 Å². The molecule has 1 heterocycles. The normalized spacial score (nSPS) is 9.94. The SMILES string of the molecule is C=CCN(CCO)c1nc(OC)ncc1Cl. The second-order valence-electron chi connectivity index (χ2n) is 2.99. The van der Waals surface area contributed by atoms with Crippen LogP contribution in [-0.4, -0.2) is 41.9 Å². The van der Waals surface area contributed by atoms with Crippen molar-refractivity contribution in [3.05, 3.63) is 23.9 Å². The van der Waals surface area contributed by atoms with Gasteiger partial charge in [0.15, 0.2) is 5.82 Å². The van der Waals surface area contributed by atoms with E-state index in [1.54, 1.807) is 11.0 Å². The van der Waals surface area contributed by atoms with Crippen LogP contribution in [0.1, 0.15) is 0 Å². The lowest BCUT2D eigenvalue weighted by atomic mass is 10.4. The summed E-state index contributed by atoms with van der Waals surface area (Å²) in [6.45, 7) is 4.61. The lowest BCUT2D eigenvalue weighted by Crippen LogP contribution is -2.28. The highest BCUT2D eigenvalue weighted by molar-refractivity contribution is 6.32. The molecule has 0 amide bonds. The number of nitrogens with zero attached hydrogens (tertiary/aromatic N) is 3. The first-order chi connectivity index (χ1) is 7.72. The van der Waals surface area contributed by atoms with Crippen LogP contribution in [0.25, 0.3) is 0 Å². The molecule has 1 rings (SSSR count). The van der Waals surface area contributed by atoms with E-state index in [9.17, 15) is 0 Å². The molecule has 1 aromatic rings. The maximum atomic E-state index is 8.95. The molecule has 0 fully saturated rings. The molecule has 0 aliphatic carbocycles. The van der Waals surface area contributed by atoms with Gasteiger partial charge in [-0.2, -0.15) is 4.98 Å². The van der Waals surface area contributed by atoms with Crippen molar-refractivity contribution in [1.82, 2.24) is 9.97 Å². The standard InChI is InChI=1S/C10H14ClN3O2/c1-3-4-14(5-6-15)9-8(11)7-12-10(13-9)16-2/h3,7,15H,1,4-6H2,2H3. The fourth-order valence-electron chi connectivity index (χ4n) is 1.22. The molecule has 0 aliphatic heterocycles. The van der Waals surface area contributed by atoms with Gasteiger partial charge in [-0.15, -0.1) is 6.58 Å².